The van der Waals surface area contributed by atoms with Crippen LogP contribution >= 0.6 is 0 Å². The Morgan fingerprint density at radius 3 is 1.51 bits per heavy atom. The van der Waals surface area contributed by atoms with Crippen LogP contribution in [-0.2, 0) is 23.9 Å². The predicted octanol–water partition coefficient (Wildman–Crippen LogP) is 5.93. The molecule has 2 atom stereocenters. The van der Waals surface area contributed by atoms with Crippen molar-refractivity contribution in [2.75, 3.05) is 26.3 Å². The Kier molecular flexibility index (Phi) is 26.5. The van der Waals surface area contributed by atoms with Crippen LogP contribution in [0.2, 0.25) is 0 Å². The lowest BCUT2D eigenvalue weighted by atomic mass is 9.93. The van der Waals surface area contributed by atoms with Crippen molar-refractivity contribution in [3.63, 3.8) is 0 Å². The highest BCUT2D eigenvalue weighted by Crippen LogP contribution is 2.17. The van der Waals surface area contributed by atoms with Crippen LogP contribution in [0.1, 0.15) is 94.4 Å². The number of hydrogen-bond donors (Lipinski definition) is 0. The topological polar surface area (TPSA) is 156 Å². The van der Waals surface area contributed by atoms with Gasteiger partial charge in [0.2, 0.25) is 13.1 Å². The average Bonchev–Trinajstić information content (AvgIpc) is 2.72. The van der Waals surface area contributed by atoms with E-state index in [4.69, 9.17) is 9.47 Å². The van der Waals surface area contributed by atoms with Crippen molar-refractivity contribution in [3.05, 3.63) is 32.4 Å². The quantitative estimate of drug-likeness (QED) is 0.0909. The third kappa shape index (κ3) is 35.1. The van der Waals surface area contributed by atoms with E-state index >= 15 is 0 Å². The summed E-state index contributed by atoms with van der Waals surface area (Å²) < 4.78 is 9.47. The number of allylic oxidation sites excluding steroid dienone is 1. The summed E-state index contributed by atoms with van der Waals surface area (Å²) in [7, 11) is 0. The highest BCUT2D eigenvalue weighted by atomic mass is 16.6. The van der Waals surface area contributed by atoms with Gasteiger partial charge in [-0.15, -0.1) is 0 Å². The Labute approximate surface area is 234 Å². The molecule has 0 heterocycles. The number of carbonyl (C=O) groups excluding carboxylic acids is 3. The van der Waals surface area contributed by atoms with Gasteiger partial charge in [-0.05, 0) is 57.8 Å². The molecule has 0 aromatic rings. The van der Waals surface area contributed by atoms with Gasteiger partial charge in [-0.3, -0.25) is 25.0 Å². The number of esters is 2. The lowest BCUT2D eigenvalue weighted by Crippen LogP contribution is -2.21. The van der Waals surface area contributed by atoms with Crippen LogP contribution in [0.25, 0.3) is 0 Å². The van der Waals surface area contributed by atoms with E-state index in [-0.39, 0.29) is 58.9 Å². The molecule has 0 aliphatic rings. The molecule has 0 bridgehead atoms. The standard InChI is InChI=1S/C10H19NO4.C9H17NO3.C9H16O2/c1-4-15-10(12)6-9(5-8(2)3)7-11(13)14;1-7(2)4-9(5-8(3)11)6-10(12)13;1-4-11-9(10)7-5-6-8(2)3/h8-9H,4-7H2,1-3H3;7,9H,4-6H2,1-3H3;5,7-8H,4,6H2,1-3H3/b;;7-5+. The van der Waals surface area contributed by atoms with Gasteiger partial charge in [0.15, 0.2) is 0 Å². The van der Waals surface area contributed by atoms with Crippen LogP contribution in [0.4, 0.5) is 0 Å². The van der Waals surface area contributed by atoms with Crippen molar-refractivity contribution in [1.29, 1.82) is 0 Å². The van der Waals surface area contributed by atoms with E-state index in [9.17, 15) is 34.6 Å². The lowest BCUT2D eigenvalue weighted by molar-refractivity contribution is -0.488. The van der Waals surface area contributed by atoms with Gasteiger partial charge in [-0.25, -0.2) is 4.79 Å². The van der Waals surface area contributed by atoms with Crippen molar-refractivity contribution in [1.82, 2.24) is 0 Å². The minimum absolute atomic E-state index is 0.0347. The third-order valence-electron chi connectivity index (χ3n) is 4.91. The lowest BCUT2D eigenvalue weighted by Gasteiger charge is -2.13. The van der Waals surface area contributed by atoms with E-state index in [0.29, 0.717) is 43.8 Å². The molecule has 11 heteroatoms. The molecule has 2 unspecified atom stereocenters. The summed E-state index contributed by atoms with van der Waals surface area (Å²) in [6.07, 6.45) is 6.18. The van der Waals surface area contributed by atoms with Gasteiger partial charge >= 0.3 is 11.9 Å². The van der Waals surface area contributed by atoms with Crippen molar-refractivity contribution in [2.45, 2.75) is 94.4 Å². The molecule has 228 valence electrons. The fraction of sp³-hybridized carbons (Fsp3) is 0.821. The van der Waals surface area contributed by atoms with E-state index in [2.05, 4.69) is 13.8 Å². The average molecular weight is 561 g/mol. The molecule has 0 saturated heterocycles. The highest BCUT2D eigenvalue weighted by molar-refractivity contribution is 5.81. The summed E-state index contributed by atoms with van der Waals surface area (Å²) >= 11 is 0. The molecule has 0 amide bonds. The van der Waals surface area contributed by atoms with Crippen LogP contribution in [0.3, 0.4) is 0 Å². The molecule has 0 aromatic carbocycles. The predicted molar refractivity (Wildman–Crippen MR) is 151 cm³/mol. The van der Waals surface area contributed by atoms with Gasteiger partial charge in [-0.1, -0.05) is 47.6 Å². The smallest absolute Gasteiger partial charge is 0.330 e. The van der Waals surface area contributed by atoms with Crippen LogP contribution in [-0.4, -0.2) is 53.9 Å². The number of nitrogens with zero attached hydrogens (tertiary/aromatic N) is 2. The Balaban J connectivity index is -0.000000505. The maximum atomic E-state index is 11.2. The van der Waals surface area contributed by atoms with Gasteiger partial charge < -0.3 is 14.3 Å². The van der Waals surface area contributed by atoms with E-state index in [1.807, 2.05) is 33.8 Å². The number of ketones is 1. The maximum Gasteiger partial charge on any atom is 0.330 e. The minimum atomic E-state index is -0.369. The molecule has 0 fully saturated rings. The molecule has 0 aliphatic carbocycles. The Morgan fingerprint density at radius 2 is 1.18 bits per heavy atom. The fourth-order valence-corrected chi connectivity index (χ4v) is 3.69. The number of hydrogen-bond acceptors (Lipinski definition) is 9. The second-order valence-electron chi connectivity index (χ2n) is 10.7. The first-order chi connectivity index (χ1) is 18.0. The summed E-state index contributed by atoms with van der Waals surface area (Å²) in [4.78, 5) is 52.6. The molecule has 0 aliphatic heterocycles. The van der Waals surface area contributed by atoms with E-state index in [1.54, 1.807) is 13.8 Å². The fourth-order valence-electron chi connectivity index (χ4n) is 3.69. The molecular formula is C28H52N2O9. The maximum absolute atomic E-state index is 11.2. The molecule has 0 rings (SSSR count). The largest absolute Gasteiger partial charge is 0.466 e. The van der Waals surface area contributed by atoms with Crippen molar-refractivity contribution in [2.24, 2.45) is 29.6 Å². The highest BCUT2D eigenvalue weighted by Gasteiger charge is 2.21. The molecule has 39 heavy (non-hydrogen) atoms. The summed E-state index contributed by atoms with van der Waals surface area (Å²) in [5.74, 6) is 0.506. The van der Waals surface area contributed by atoms with Crippen LogP contribution in [0.5, 0.6) is 0 Å². The Hall–Kier alpha value is -2.85. The number of rotatable bonds is 17. The second-order valence-corrected chi connectivity index (χ2v) is 10.7. The summed E-state index contributed by atoms with van der Waals surface area (Å²) in [6.45, 7) is 17.7. The number of Topliss-reactive ketones (excluding diaryl/α,β-unsaturated/α-hetero) is 1. The van der Waals surface area contributed by atoms with Gasteiger partial charge in [0.25, 0.3) is 0 Å². The zero-order valence-electron chi connectivity index (χ0n) is 25.5. The Bertz CT molecular complexity index is 719. The monoisotopic (exact) mass is 560 g/mol. The molecule has 0 spiro atoms. The molecule has 0 radical (unpaired) electrons. The zero-order valence-corrected chi connectivity index (χ0v) is 25.5. The zero-order chi connectivity index (χ0) is 31.0. The minimum Gasteiger partial charge on any atom is -0.466 e. The van der Waals surface area contributed by atoms with Gasteiger partial charge in [-0.2, -0.15) is 0 Å². The second kappa shape index (κ2) is 25.4. The summed E-state index contributed by atoms with van der Waals surface area (Å²) in [6, 6.07) is 0. The molecule has 0 saturated carbocycles. The van der Waals surface area contributed by atoms with Crippen molar-refractivity contribution in [3.8, 4) is 0 Å². The van der Waals surface area contributed by atoms with Gasteiger partial charge in [0.05, 0.1) is 19.6 Å². The molecule has 0 aromatic heterocycles. The Morgan fingerprint density at radius 1 is 0.744 bits per heavy atom. The van der Waals surface area contributed by atoms with E-state index in [1.165, 1.54) is 13.0 Å². The molecular weight excluding hydrogens is 508 g/mol. The number of carbonyl (C=O) groups is 3. The SMILES string of the molecule is CC(=O)CC(CC(C)C)C[N+](=O)[O-].CCOC(=O)/C=C/CC(C)C.CCOC(=O)CC(CC(C)C)C[N+](=O)[O-]. The number of nitro groups is 2. The number of ether oxygens (including phenoxy) is 2. The summed E-state index contributed by atoms with van der Waals surface area (Å²) in [5.41, 5.74) is 0. The normalized spacial score (nSPS) is 12.2. The van der Waals surface area contributed by atoms with E-state index in [0.717, 1.165) is 12.8 Å². The van der Waals surface area contributed by atoms with Crippen LogP contribution in [0.15, 0.2) is 12.2 Å². The van der Waals surface area contributed by atoms with Crippen molar-refractivity contribution < 1.29 is 33.7 Å². The third-order valence-corrected chi connectivity index (χ3v) is 4.91. The molecule has 11 nitrogen and oxygen atoms in total. The first-order valence-corrected chi connectivity index (χ1v) is 13.8. The van der Waals surface area contributed by atoms with Gasteiger partial charge in [0, 0.05) is 34.2 Å². The first-order valence-electron chi connectivity index (χ1n) is 13.8. The molecule has 0 N–H and O–H groups in total. The van der Waals surface area contributed by atoms with Gasteiger partial charge in [0.1, 0.15) is 5.78 Å². The summed E-state index contributed by atoms with van der Waals surface area (Å²) in [5, 5.41) is 20.7. The van der Waals surface area contributed by atoms with Crippen molar-refractivity contribution >= 4 is 17.7 Å². The van der Waals surface area contributed by atoms with E-state index < -0.39 is 0 Å². The van der Waals surface area contributed by atoms with Crippen LogP contribution < -0.4 is 0 Å². The van der Waals surface area contributed by atoms with Crippen LogP contribution in [0, 0.1) is 49.8 Å². The first kappa shape index (κ1) is 40.6.